The summed E-state index contributed by atoms with van der Waals surface area (Å²) in [5.41, 5.74) is 2.51. The van der Waals surface area contributed by atoms with E-state index in [1.807, 2.05) is 18.2 Å². The maximum atomic E-state index is 11.9. The Bertz CT molecular complexity index is 629. The molecule has 0 radical (unpaired) electrons. The molecule has 6 nitrogen and oxygen atoms in total. The van der Waals surface area contributed by atoms with Crippen molar-refractivity contribution >= 4 is 17.4 Å². The largest absolute Gasteiger partial charge is 0.385 e. The lowest BCUT2D eigenvalue weighted by atomic mass is 10.1. The van der Waals surface area contributed by atoms with Gasteiger partial charge in [-0.25, -0.2) is 0 Å². The monoisotopic (exact) mass is 314 g/mol. The van der Waals surface area contributed by atoms with Crippen molar-refractivity contribution in [3.63, 3.8) is 0 Å². The van der Waals surface area contributed by atoms with Crippen LogP contribution >= 0.6 is 0 Å². The highest BCUT2D eigenvalue weighted by Crippen LogP contribution is 2.19. The van der Waals surface area contributed by atoms with Gasteiger partial charge >= 0.3 is 0 Å². The normalized spacial score (nSPS) is 10.3. The summed E-state index contributed by atoms with van der Waals surface area (Å²) in [6, 6.07) is 11.5. The van der Waals surface area contributed by atoms with Gasteiger partial charge in [0.2, 0.25) is 0 Å². The number of aromatic nitrogens is 2. The maximum absolute atomic E-state index is 11.9. The number of ether oxygens (including phenoxy) is 1. The van der Waals surface area contributed by atoms with E-state index in [9.17, 15) is 4.79 Å². The van der Waals surface area contributed by atoms with E-state index in [4.69, 9.17) is 4.74 Å². The van der Waals surface area contributed by atoms with Crippen molar-refractivity contribution in [2.24, 2.45) is 0 Å². The van der Waals surface area contributed by atoms with Gasteiger partial charge in [-0.1, -0.05) is 25.1 Å². The first-order valence-electron chi connectivity index (χ1n) is 7.70. The number of carbonyl (C=O) groups is 1. The molecule has 2 aromatic rings. The van der Waals surface area contributed by atoms with Crippen LogP contribution in [0.4, 0.5) is 11.5 Å². The lowest BCUT2D eigenvalue weighted by Crippen LogP contribution is -2.26. The van der Waals surface area contributed by atoms with Gasteiger partial charge in [0, 0.05) is 25.9 Å². The number of hydrogen-bond acceptors (Lipinski definition) is 5. The van der Waals surface area contributed by atoms with Crippen LogP contribution in [-0.4, -0.2) is 36.4 Å². The Hall–Kier alpha value is -2.47. The standard InChI is InChI=1S/C17H22N4O2/c1-3-13-7-4-5-8-14(13)19-16-10-9-15(20-21-16)17(22)18-11-6-12-23-2/h4-5,7-10H,3,6,11-12H2,1-2H3,(H,18,22)(H,19,21). The van der Waals surface area contributed by atoms with E-state index < -0.39 is 0 Å². The quantitative estimate of drug-likeness (QED) is 0.732. The summed E-state index contributed by atoms with van der Waals surface area (Å²) in [5, 5.41) is 14.0. The third kappa shape index (κ3) is 5.03. The predicted octanol–water partition coefficient (Wildman–Crippen LogP) is 2.55. The zero-order chi connectivity index (χ0) is 16.5. The molecule has 0 unspecified atom stereocenters. The number of methoxy groups -OCH3 is 1. The average Bonchev–Trinajstić information content (AvgIpc) is 2.59. The minimum Gasteiger partial charge on any atom is -0.385 e. The molecule has 1 aromatic heterocycles. The molecule has 0 spiro atoms. The second-order valence-electron chi connectivity index (χ2n) is 5.04. The summed E-state index contributed by atoms with van der Waals surface area (Å²) in [4.78, 5) is 11.9. The fourth-order valence-electron chi connectivity index (χ4n) is 2.12. The van der Waals surface area contributed by atoms with Gasteiger partial charge in [-0.05, 0) is 36.6 Å². The molecule has 1 heterocycles. The second kappa shape index (κ2) is 8.85. The van der Waals surface area contributed by atoms with Crippen LogP contribution in [0.1, 0.15) is 29.4 Å². The zero-order valence-corrected chi connectivity index (χ0v) is 13.5. The van der Waals surface area contributed by atoms with Crippen molar-refractivity contribution in [3.05, 3.63) is 47.7 Å². The van der Waals surface area contributed by atoms with Crippen LogP contribution in [0.5, 0.6) is 0 Å². The van der Waals surface area contributed by atoms with E-state index in [0.717, 1.165) is 18.5 Å². The number of hydrogen-bond donors (Lipinski definition) is 2. The average molecular weight is 314 g/mol. The van der Waals surface area contributed by atoms with E-state index in [0.29, 0.717) is 24.7 Å². The highest BCUT2D eigenvalue weighted by atomic mass is 16.5. The molecule has 0 saturated heterocycles. The number of carbonyl (C=O) groups excluding carboxylic acids is 1. The number of anilines is 2. The van der Waals surface area contributed by atoms with Crippen molar-refractivity contribution in [1.82, 2.24) is 15.5 Å². The van der Waals surface area contributed by atoms with E-state index in [2.05, 4.69) is 33.8 Å². The molecule has 0 aliphatic carbocycles. The number of nitrogens with one attached hydrogen (secondary N) is 2. The lowest BCUT2D eigenvalue weighted by Gasteiger charge is -2.10. The van der Waals surface area contributed by atoms with Crippen molar-refractivity contribution < 1.29 is 9.53 Å². The first kappa shape index (κ1) is 16.9. The first-order chi connectivity index (χ1) is 11.2. The maximum Gasteiger partial charge on any atom is 0.271 e. The Morgan fingerprint density at radius 2 is 2.00 bits per heavy atom. The molecule has 122 valence electrons. The Morgan fingerprint density at radius 1 is 1.17 bits per heavy atom. The molecule has 23 heavy (non-hydrogen) atoms. The van der Waals surface area contributed by atoms with Crippen molar-refractivity contribution in [2.45, 2.75) is 19.8 Å². The van der Waals surface area contributed by atoms with Crippen molar-refractivity contribution in [2.75, 3.05) is 25.6 Å². The highest BCUT2D eigenvalue weighted by molar-refractivity contribution is 5.92. The molecular weight excluding hydrogens is 292 g/mol. The number of nitrogens with zero attached hydrogens (tertiary/aromatic N) is 2. The van der Waals surface area contributed by atoms with Crippen LogP contribution in [0.3, 0.4) is 0 Å². The predicted molar refractivity (Wildman–Crippen MR) is 90.0 cm³/mol. The molecule has 1 aromatic carbocycles. The van der Waals surface area contributed by atoms with Gasteiger partial charge in [0.15, 0.2) is 11.5 Å². The van der Waals surface area contributed by atoms with Crippen molar-refractivity contribution in [1.29, 1.82) is 0 Å². The van der Waals surface area contributed by atoms with Gasteiger partial charge in [0.05, 0.1) is 0 Å². The number of amides is 1. The van der Waals surface area contributed by atoms with E-state index in [1.54, 1.807) is 19.2 Å². The Kier molecular flexibility index (Phi) is 6.50. The van der Waals surface area contributed by atoms with Crippen LogP contribution in [0.25, 0.3) is 0 Å². The molecule has 0 aliphatic heterocycles. The Morgan fingerprint density at radius 3 is 2.70 bits per heavy atom. The third-order valence-corrected chi connectivity index (χ3v) is 3.37. The number of aryl methyl sites for hydroxylation is 1. The summed E-state index contributed by atoms with van der Waals surface area (Å²) in [5.74, 6) is 0.385. The SMILES string of the molecule is CCc1ccccc1Nc1ccc(C(=O)NCCCOC)nn1. The van der Waals surface area contributed by atoms with Crippen LogP contribution < -0.4 is 10.6 Å². The summed E-state index contributed by atoms with van der Waals surface area (Å²) in [6.07, 6.45) is 1.70. The third-order valence-electron chi connectivity index (χ3n) is 3.37. The van der Waals surface area contributed by atoms with Gasteiger partial charge in [0.25, 0.3) is 5.91 Å². The van der Waals surface area contributed by atoms with Crippen molar-refractivity contribution in [3.8, 4) is 0 Å². The van der Waals surface area contributed by atoms with Gasteiger partial charge in [0.1, 0.15) is 0 Å². The Labute approximate surface area is 136 Å². The van der Waals surface area contributed by atoms with E-state index in [1.165, 1.54) is 5.56 Å². The van der Waals surface area contributed by atoms with Gasteiger partial charge < -0.3 is 15.4 Å². The minimum atomic E-state index is -0.228. The fourth-order valence-corrected chi connectivity index (χ4v) is 2.12. The lowest BCUT2D eigenvalue weighted by molar-refractivity contribution is 0.0942. The molecule has 0 fully saturated rings. The summed E-state index contributed by atoms with van der Waals surface area (Å²) >= 11 is 0. The molecule has 0 atom stereocenters. The second-order valence-corrected chi connectivity index (χ2v) is 5.04. The van der Waals surface area contributed by atoms with Crippen LogP contribution in [-0.2, 0) is 11.2 Å². The van der Waals surface area contributed by atoms with E-state index in [-0.39, 0.29) is 5.91 Å². The first-order valence-corrected chi connectivity index (χ1v) is 7.70. The molecule has 0 bridgehead atoms. The molecule has 0 saturated carbocycles. The number of rotatable bonds is 8. The minimum absolute atomic E-state index is 0.228. The fraction of sp³-hybridized carbons (Fsp3) is 0.353. The summed E-state index contributed by atoms with van der Waals surface area (Å²) in [7, 11) is 1.63. The smallest absolute Gasteiger partial charge is 0.271 e. The molecule has 1 amide bonds. The van der Waals surface area contributed by atoms with Crippen LogP contribution in [0.2, 0.25) is 0 Å². The Balaban J connectivity index is 1.95. The van der Waals surface area contributed by atoms with Crippen LogP contribution in [0.15, 0.2) is 36.4 Å². The topological polar surface area (TPSA) is 76.1 Å². The molecule has 2 rings (SSSR count). The van der Waals surface area contributed by atoms with Gasteiger partial charge in [-0.2, -0.15) is 0 Å². The summed E-state index contributed by atoms with van der Waals surface area (Å²) in [6.45, 7) is 3.27. The molecule has 0 aliphatic rings. The van der Waals surface area contributed by atoms with Gasteiger partial charge in [-0.3, -0.25) is 4.79 Å². The molecule has 2 N–H and O–H groups in total. The summed E-state index contributed by atoms with van der Waals surface area (Å²) < 4.78 is 4.93. The molecular formula is C17H22N4O2. The van der Waals surface area contributed by atoms with E-state index >= 15 is 0 Å². The van der Waals surface area contributed by atoms with Crippen LogP contribution in [0, 0.1) is 0 Å². The number of para-hydroxylation sites is 1. The zero-order valence-electron chi connectivity index (χ0n) is 13.5. The van der Waals surface area contributed by atoms with Gasteiger partial charge in [-0.15, -0.1) is 10.2 Å². The number of benzene rings is 1. The highest BCUT2D eigenvalue weighted by Gasteiger charge is 2.08. The molecule has 6 heteroatoms.